The third kappa shape index (κ3) is 6.03. The van der Waals surface area contributed by atoms with Crippen LogP contribution < -0.4 is 15.8 Å². The Bertz CT molecular complexity index is 838. The van der Waals surface area contributed by atoms with Crippen LogP contribution in [0.2, 0.25) is 0 Å². The van der Waals surface area contributed by atoms with Crippen molar-refractivity contribution in [1.29, 1.82) is 0 Å². The van der Waals surface area contributed by atoms with Crippen molar-refractivity contribution in [3.63, 3.8) is 0 Å². The van der Waals surface area contributed by atoms with Crippen LogP contribution in [0.5, 0.6) is 17.2 Å². The molecule has 0 saturated carbocycles. The van der Waals surface area contributed by atoms with E-state index in [9.17, 15) is 19.8 Å². The van der Waals surface area contributed by atoms with E-state index in [0.717, 1.165) is 6.07 Å². The molecule has 0 amide bonds. The Morgan fingerprint density at radius 1 is 1.18 bits per heavy atom. The van der Waals surface area contributed by atoms with Gasteiger partial charge in [-0.1, -0.05) is 24.3 Å². The van der Waals surface area contributed by atoms with Crippen molar-refractivity contribution in [3.05, 3.63) is 60.2 Å². The predicted octanol–water partition coefficient (Wildman–Crippen LogP) is 1.67. The van der Waals surface area contributed by atoms with Gasteiger partial charge in [0.05, 0.1) is 5.69 Å². The van der Waals surface area contributed by atoms with Gasteiger partial charge in [0, 0.05) is 12.5 Å². The number of nitrogens with one attached hydrogen (secondary N) is 1. The summed E-state index contributed by atoms with van der Waals surface area (Å²) < 4.78 is 5.49. The number of carboxylic acids is 1. The summed E-state index contributed by atoms with van der Waals surface area (Å²) >= 11 is 0. The quantitative estimate of drug-likeness (QED) is 0.180. The number of hydrogen-bond donors (Lipinski definition) is 5. The number of aliphatic carboxylic acids is 1. The van der Waals surface area contributed by atoms with E-state index in [-0.39, 0.29) is 35.8 Å². The fourth-order valence-electron chi connectivity index (χ4n) is 2.40. The van der Waals surface area contributed by atoms with Crippen molar-refractivity contribution in [3.8, 4) is 17.2 Å². The molecule has 0 saturated heterocycles. The number of para-hydroxylation sites is 1. The number of rotatable bonds is 10. The number of benzene rings is 2. The topological polar surface area (TPSA) is 142 Å². The van der Waals surface area contributed by atoms with Crippen molar-refractivity contribution in [2.24, 2.45) is 5.73 Å². The number of aldehydes is 1. The maximum Gasteiger partial charge on any atom is 0.320 e. The van der Waals surface area contributed by atoms with Gasteiger partial charge in [0.25, 0.3) is 0 Å². The van der Waals surface area contributed by atoms with Crippen LogP contribution in [0.3, 0.4) is 0 Å². The lowest BCUT2D eigenvalue weighted by Crippen LogP contribution is -2.32. The number of carboxylic acid groups (broad SMARTS) is 1. The van der Waals surface area contributed by atoms with Crippen molar-refractivity contribution >= 4 is 17.9 Å². The van der Waals surface area contributed by atoms with Gasteiger partial charge in [-0.05, 0) is 29.8 Å². The van der Waals surface area contributed by atoms with Crippen LogP contribution in [-0.4, -0.2) is 46.3 Å². The number of anilines is 1. The summed E-state index contributed by atoms with van der Waals surface area (Å²) in [6.45, 7) is 0.246. The molecule has 2 aromatic rings. The highest BCUT2D eigenvalue weighted by Gasteiger charge is 2.17. The zero-order chi connectivity index (χ0) is 20.5. The summed E-state index contributed by atoms with van der Waals surface area (Å²) in [7, 11) is 0. The summed E-state index contributed by atoms with van der Waals surface area (Å²) in [5.74, 6) is -1.09. The van der Waals surface area contributed by atoms with Gasteiger partial charge in [-0.3, -0.25) is 4.79 Å². The van der Waals surface area contributed by atoms with Gasteiger partial charge in [0.1, 0.15) is 42.2 Å². The first kappa shape index (κ1) is 20.8. The average Bonchev–Trinajstić information content (AvgIpc) is 2.68. The molecule has 0 heterocycles. The Morgan fingerprint density at radius 3 is 2.54 bits per heavy atom. The van der Waals surface area contributed by atoms with E-state index in [1.165, 1.54) is 6.07 Å². The van der Waals surface area contributed by atoms with Crippen LogP contribution in [0.15, 0.2) is 54.6 Å². The average molecular weight is 386 g/mol. The zero-order valence-corrected chi connectivity index (χ0v) is 15.0. The zero-order valence-electron chi connectivity index (χ0n) is 15.0. The smallest absolute Gasteiger partial charge is 0.320 e. The fourth-order valence-corrected chi connectivity index (χ4v) is 2.40. The minimum absolute atomic E-state index is 0.136. The summed E-state index contributed by atoms with van der Waals surface area (Å²) in [4.78, 5) is 22.2. The molecule has 148 valence electrons. The lowest BCUT2D eigenvalue weighted by molar-refractivity contribution is -0.138. The molecule has 2 atom stereocenters. The minimum atomic E-state index is -1.21. The maximum atomic E-state index is 11.3. The van der Waals surface area contributed by atoms with Crippen LogP contribution in [0, 0.1) is 0 Å². The van der Waals surface area contributed by atoms with Crippen LogP contribution in [0.25, 0.3) is 0 Å². The Balaban J connectivity index is 2.03. The molecular weight excluding hydrogens is 364 g/mol. The Hall–Kier alpha value is -3.52. The van der Waals surface area contributed by atoms with Gasteiger partial charge in [0.15, 0.2) is 0 Å². The molecule has 0 aliphatic carbocycles. The van der Waals surface area contributed by atoms with Crippen LogP contribution in [-0.2, 0) is 16.0 Å². The Morgan fingerprint density at radius 2 is 1.89 bits per heavy atom. The highest BCUT2D eigenvalue weighted by Crippen LogP contribution is 2.32. The highest BCUT2D eigenvalue weighted by molar-refractivity contribution is 5.75. The second kappa shape index (κ2) is 9.98. The number of carbonyl (C=O) groups excluding carboxylic acids is 1. The molecule has 0 aliphatic heterocycles. The third-order valence-corrected chi connectivity index (χ3v) is 3.86. The second-order valence-corrected chi connectivity index (χ2v) is 6.01. The van der Waals surface area contributed by atoms with Crippen molar-refractivity contribution in [2.75, 3.05) is 11.9 Å². The molecule has 0 aliphatic rings. The molecule has 6 N–H and O–H groups in total. The van der Waals surface area contributed by atoms with Gasteiger partial charge in [0.2, 0.25) is 0 Å². The van der Waals surface area contributed by atoms with E-state index in [2.05, 4.69) is 5.32 Å². The van der Waals surface area contributed by atoms with Crippen molar-refractivity contribution in [2.45, 2.75) is 18.5 Å². The first-order chi connectivity index (χ1) is 13.4. The van der Waals surface area contributed by atoms with E-state index in [0.29, 0.717) is 12.0 Å². The SMILES string of the molecule is N[C@@H](Cc1cc(N[C@H](C=O)/C=C/COc2ccccc2)c(O)cc1O)C(=O)O. The third-order valence-electron chi connectivity index (χ3n) is 3.86. The minimum Gasteiger partial charge on any atom is -0.508 e. The van der Waals surface area contributed by atoms with Crippen molar-refractivity contribution in [1.82, 2.24) is 0 Å². The molecule has 0 bridgehead atoms. The molecule has 0 fully saturated rings. The summed E-state index contributed by atoms with van der Waals surface area (Å²) in [6, 6.07) is 9.62. The summed E-state index contributed by atoms with van der Waals surface area (Å²) in [6.07, 6.45) is 3.71. The molecular formula is C20H22N2O6. The van der Waals surface area contributed by atoms with E-state index >= 15 is 0 Å². The van der Waals surface area contributed by atoms with E-state index in [1.54, 1.807) is 24.3 Å². The predicted molar refractivity (Wildman–Crippen MR) is 104 cm³/mol. The fraction of sp³-hybridized carbons (Fsp3) is 0.200. The summed E-state index contributed by atoms with van der Waals surface area (Å²) in [5.41, 5.74) is 5.88. The first-order valence-electron chi connectivity index (χ1n) is 8.50. The lowest BCUT2D eigenvalue weighted by Gasteiger charge is -2.15. The van der Waals surface area contributed by atoms with Crippen LogP contribution in [0.1, 0.15) is 5.56 Å². The molecule has 8 heteroatoms. The molecule has 0 spiro atoms. The normalized spacial score (nSPS) is 13.0. The monoisotopic (exact) mass is 386 g/mol. The molecule has 2 aromatic carbocycles. The van der Waals surface area contributed by atoms with E-state index in [4.69, 9.17) is 15.6 Å². The van der Waals surface area contributed by atoms with Crippen LogP contribution in [0.4, 0.5) is 5.69 Å². The lowest BCUT2D eigenvalue weighted by atomic mass is 10.0. The largest absolute Gasteiger partial charge is 0.508 e. The van der Waals surface area contributed by atoms with Crippen molar-refractivity contribution < 1.29 is 29.6 Å². The van der Waals surface area contributed by atoms with Gasteiger partial charge < -0.3 is 35.9 Å². The van der Waals surface area contributed by atoms with E-state index in [1.807, 2.05) is 18.2 Å². The number of nitrogens with two attached hydrogens (primary N) is 1. The van der Waals surface area contributed by atoms with Gasteiger partial charge in [-0.2, -0.15) is 0 Å². The molecule has 2 rings (SSSR count). The van der Waals surface area contributed by atoms with Gasteiger partial charge in [-0.15, -0.1) is 0 Å². The van der Waals surface area contributed by atoms with Gasteiger partial charge in [-0.25, -0.2) is 0 Å². The highest BCUT2D eigenvalue weighted by atomic mass is 16.5. The maximum absolute atomic E-state index is 11.3. The van der Waals surface area contributed by atoms with E-state index < -0.39 is 18.1 Å². The second-order valence-electron chi connectivity index (χ2n) is 6.01. The number of carbonyl (C=O) groups is 2. The molecule has 0 unspecified atom stereocenters. The Kier molecular flexibility index (Phi) is 7.41. The first-order valence-corrected chi connectivity index (χ1v) is 8.50. The van der Waals surface area contributed by atoms with Gasteiger partial charge >= 0.3 is 5.97 Å². The molecule has 0 radical (unpaired) electrons. The molecule has 0 aromatic heterocycles. The Labute approximate surface area is 161 Å². The molecule has 28 heavy (non-hydrogen) atoms. The number of ether oxygens (including phenoxy) is 1. The number of aromatic hydroxyl groups is 2. The standard InChI is InChI=1S/C20H22N2O6/c21-16(20(26)27)9-13-10-17(19(25)11-18(13)24)22-14(12-23)5-4-8-28-15-6-2-1-3-7-15/h1-7,10-12,14,16,22,24-25H,8-9,21H2,(H,26,27)/b5-4+/t14-,16-/m0/s1. The molecule has 8 nitrogen and oxygen atoms in total. The summed E-state index contributed by atoms with van der Waals surface area (Å²) in [5, 5.41) is 31.6. The number of phenolic OH excluding ortho intramolecular Hbond substituents is 2. The van der Waals surface area contributed by atoms with Crippen LogP contribution >= 0.6 is 0 Å². The number of phenols is 2. The number of hydrogen-bond acceptors (Lipinski definition) is 7.